The third-order valence-corrected chi connectivity index (χ3v) is 5.35. The van der Waals surface area contributed by atoms with E-state index < -0.39 is 0 Å². The first-order valence-corrected chi connectivity index (χ1v) is 11.2. The van der Waals surface area contributed by atoms with Gasteiger partial charge in [0.1, 0.15) is 11.5 Å². The molecule has 0 aliphatic carbocycles. The third kappa shape index (κ3) is 9.06. The first-order chi connectivity index (χ1) is 14.0. The van der Waals surface area contributed by atoms with Crippen LogP contribution in [0.15, 0.2) is 18.2 Å². The Kier molecular flexibility index (Phi) is 10.3. The molecular formula is C24H39N3O2. The second kappa shape index (κ2) is 12.7. The maximum Gasteiger partial charge on any atom is 0.127 e. The van der Waals surface area contributed by atoms with E-state index in [2.05, 4.69) is 61.8 Å². The van der Waals surface area contributed by atoms with Crippen molar-refractivity contribution >= 4 is 0 Å². The highest BCUT2D eigenvalue weighted by Crippen LogP contribution is 2.27. The Hall–Kier alpha value is -1.77. The molecule has 0 N–H and O–H groups in total. The van der Waals surface area contributed by atoms with Gasteiger partial charge in [0.25, 0.3) is 0 Å². The van der Waals surface area contributed by atoms with Crippen LogP contribution in [-0.2, 0) is 6.54 Å². The first-order valence-electron chi connectivity index (χ1n) is 11.2. The highest BCUT2D eigenvalue weighted by Gasteiger charge is 2.18. The Balaban J connectivity index is 1.96. The summed E-state index contributed by atoms with van der Waals surface area (Å²) in [6, 6.07) is 8.55. The van der Waals surface area contributed by atoms with Crippen molar-refractivity contribution in [2.75, 3.05) is 45.9 Å². The van der Waals surface area contributed by atoms with Gasteiger partial charge >= 0.3 is 0 Å². The molecule has 1 aliphatic rings. The third-order valence-electron chi connectivity index (χ3n) is 5.35. The van der Waals surface area contributed by atoms with Crippen molar-refractivity contribution in [1.29, 1.82) is 5.26 Å². The number of hydrogen-bond acceptors (Lipinski definition) is 5. The van der Waals surface area contributed by atoms with E-state index in [0.29, 0.717) is 18.3 Å². The van der Waals surface area contributed by atoms with Crippen molar-refractivity contribution in [3.05, 3.63) is 23.8 Å². The molecule has 162 valence electrons. The Bertz CT molecular complexity index is 632. The van der Waals surface area contributed by atoms with Crippen LogP contribution in [0.5, 0.6) is 11.5 Å². The molecule has 1 aromatic carbocycles. The summed E-state index contributed by atoms with van der Waals surface area (Å²) in [5, 5.41) is 8.77. The molecule has 29 heavy (non-hydrogen) atoms. The van der Waals surface area contributed by atoms with Gasteiger partial charge in [0.15, 0.2) is 0 Å². The average molecular weight is 402 g/mol. The van der Waals surface area contributed by atoms with Crippen molar-refractivity contribution in [2.45, 2.75) is 53.5 Å². The van der Waals surface area contributed by atoms with Gasteiger partial charge in [-0.15, -0.1) is 0 Å². The maximum atomic E-state index is 8.77. The SMILES string of the molecule is CC(C)CCOc1ccc(CN2CCN(CCC#N)CC2)c(OCCC(C)C)c1. The van der Waals surface area contributed by atoms with Crippen molar-refractivity contribution in [3.63, 3.8) is 0 Å². The number of ether oxygens (including phenoxy) is 2. The van der Waals surface area contributed by atoms with Crippen molar-refractivity contribution < 1.29 is 9.47 Å². The quantitative estimate of drug-likeness (QED) is 0.513. The standard InChI is InChI=1S/C24H39N3O2/c1-20(2)8-16-28-23-7-6-22(24(18-23)29-17-9-21(3)4)19-27-14-12-26(13-15-27)11-5-10-25/h6-7,18,20-21H,5,8-9,11-17,19H2,1-4H3. The minimum atomic E-state index is 0.617. The first kappa shape index (κ1) is 23.5. The van der Waals surface area contributed by atoms with E-state index in [9.17, 15) is 0 Å². The van der Waals surface area contributed by atoms with Crippen LogP contribution in [-0.4, -0.2) is 55.7 Å². The molecule has 5 nitrogen and oxygen atoms in total. The lowest BCUT2D eigenvalue weighted by molar-refractivity contribution is 0.128. The van der Waals surface area contributed by atoms with Crippen LogP contribution in [0, 0.1) is 23.2 Å². The number of hydrogen-bond donors (Lipinski definition) is 0. The van der Waals surface area contributed by atoms with Crippen molar-refractivity contribution in [3.8, 4) is 17.6 Å². The average Bonchev–Trinajstić information content (AvgIpc) is 2.68. The van der Waals surface area contributed by atoms with E-state index in [1.165, 1.54) is 5.56 Å². The van der Waals surface area contributed by atoms with Gasteiger partial charge in [-0.2, -0.15) is 5.26 Å². The number of nitrogens with zero attached hydrogens (tertiary/aromatic N) is 3. The second-order valence-electron chi connectivity index (χ2n) is 8.86. The highest BCUT2D eigenvalue weighted by atomic mass is 16.5. The van der Waals surface area contributed by atoms with Gasteiger partial charge in [0, 0.05) is 57.3 Å². The van der Waals surface area contributed by atoms with Gasteiger partial charge in [0.05, 0.1) is 19.3 Å². The molecule has 1 saturated heterocycles. The number of piperazine rings is 1. The molecule has 0 unspecified atom stereocenters. The number of nitriles is 1. The Morgan fingerprint density at radius 2 is 1.55 bits per heavy atom. The maximum absolute atomic E-state index is 8.77. The summed E-state index contributed by atoms with van der Waals surface area (Å²) in [5.74, 6) is 3.13. The van der Waals surface area contributed by atoms with E-state index in [1.807, 2.05) is 0 Å². The molecule has 0 radical (unpaired) electrons. The number of rotatable bonds is 12. The summed E-state index contributed by atoms with van der Waals surface area (Å²) in [6.45, 7) is 16.3. The fraction of sp³-hybridized carbons (Fsp3) is 0.708. The molecule has 0 aromatic heterocycles. The van der Waals surface area contributed by atoms with E-state index in [4.69, 9.17) is 14.7 Å². The van der Waals surface area contributed by atoms with Crippen molar-refractivity contribution in [2.24, 2.45) is 11.8 Å². The van der Waals surface area contributed by atoms with E-state index in [1.54, 1.807) is 0 Å². The molecule has 5 heteroatoms. The normalized spacial score (nSPS) is 15.6. The molecule has 0 saturated carbocycles. The Labute approximate surface area is 177 Å². The molecule has 0 bridgehead atoms. The van der Waals surface area contributed by atoms with Gasteiger partial charge in [-0.1, -0.05) is 33.8 Å². The Morgan fingerprint density at radius 1 is 0.931 bits per heavy atom. The van der Waals surface area contributed by atoms with Gasteiger partial charge in [0.2, 0.25) is 0 Å². The summed E-state index contributed by atoms with van der Waals surface area (Å²) < 4.78 is 12.1. The molecule has 1 fully saturated rings. The van der Waals surface area contributed by atoms with Crippen molar-refractivity contribution in [1.82, 2.24) is 9.80 Å². The second-order valence-corrected chi connectivity index (χ2v) is 8.86. The minimum absolute atomic E-state index is 0.617. The van der Waals surface area contributed by atoms with Crippen LogP contribution in [0.1, 0.15) is 52.5 Å². The molecule has 1 aromatic rings. The summed E-state index contributed by atoms with van der Waals surface area (Å²) in [7, 11) is 0. The summed E-state index contributed by atoms with van der Waals surface area (Å²) in [4.78, 5) is 4.86. The van der Waals surface area contributed by atoms with Crippen LogP contribution in [0.3, 0.4) is 0 Å². The Morgan fingerprint density at radius 3 is 2.17 bits per heavy atom. The molecule has 1 aliphatic heterocycles. The van der Waals surface area contributed by atoms with Gasteiger partial charge in [-0.25, -0.2) is 0 Å². The van der Waals surface area contributed by atoms with Gasteiger partial charge in [-0.05, 0) is 30.7 Å². The smallest absolute Gasteiger partial charge is 0.127 e. The van der Waals surface area contributed by atoms with E-state index in [-0.39, 0.29) is 0 Å². The predicted molar refractivity (Wildman–Crippen MR) is 118 cm³/mol. The zero-order chi connectivity index (χ0) is 21.1. The van der Waals surface area contributed by atoms with E-state index >= 15 is 0 Å². The molecule has 0 atom stereocenters. The molecular weight excluding hydrogens is 362 g/mol. The van der Waals surface area contributed by atoms with Crippen LogP contribution in [0.25, 0.3) is 0 Å². The summed E-state index contributed by atoms with van der Waals surface area (Å²) in [6.07, 6.45) is 2.73. The highest BCUT2D eigenvalue weighted by molar-refractivity contribution is 5.41. The minimum Gasteiger partial charge on any atom is -0.493 e. The lowest BCUT2D eigenvalue weighted by atomic mass is 10.1. The lowest BCUT2D eigenvalue weighted by Gasteiger charge is -2.34. The van der Waals surface area contributed by atoms with Crippen LogP contribution in [0.2, 0.25) is 0 Å². The number of benzene rings is 1. The fourth-order valence-electron chi connectivity index (χ4n) is 3.33. The fourth-order valence-corrected chi connectivity index (χ4v) is 3.33. The zero-order valence-corrected chi connectivity index (χ0v) is 18.8. The molecule has 0 spiro atoms. The van der Waals surface area contributed by atoms with Gasteiger partial charge in [-0.3, -0.25) is 9.80 Å². The molecule has 1 heterocycles. The zero-order valence-electron chi connectivity index (χ0n) is 18.8. The molecule has 0 amide bonds. The largest absolute Gasteiger partial charge is 0.493 e. The molecule has 2 rings (SSSR count). The lowest BCUT2D eigenvalue weighted by Crippen LogP contribution is -2.46. The van der Waals surface area contributed by atoms with Crippen LogP contribution >= 0.6 is 0 Å². The van der Waals surface area contributed by atoms with Gasteiger partial charge < -0.3 is 9.47 Å². The van der Waals surface area contributed by atoms with E-state index in [0.717, 1.165) is 76.8 Å². The topological polar surface area (TPSA) is 48.7 Å². The predicted octanol–water partition coefficient (Wildman–Crippen LogP) is 4.57. The van der Waals surface area contributed by atoms with Crippen LogP contribution < -0.4 is 9.47 Å². The summed E-state index contributed by atoms with van der Waals surface area (Å²) >= 11 is 0. The monoisotopic (exact) mass is 401 g/mol. The van der Waals surface area contributed by atoms with Crippen LogP contribution in [0.4, 0.5) is 0 Å². The summed E-state index contributed by atoms with van der Waals surface area (Å²) in [5.41, 5.74) is 1.23.